The van der Waals surface area contributed by atoms with Crippen molar-refractivity contribution in [1.29, 1.82) is 0 Å². The molecule has 1 heterocycles. The molecule has 7 nitrogen and oxygen atoms in total. The van der Waals surface area contributed by atoms with Crippen LogP contribution in [-0.4, -0.2) is 49.3 Å². The fraction of sp³-hybridized carbons (Fsp3) is 0.280. The number of aliphatic carboxylic acids is 1. The number of rotatable bonds is 10. The first-order valence-electron chi connectivity index (χ1n) is 10.3. The molecule has 3 aromatic rings. The van der Waals surface area contributed by atoms with Gasteiger partial charge in [-0.1, -0.05) is 18.2 Å². The first-order valence-corrected chi connectivity index (χ1v) is 11.7. The van der Waals surface area contributed by atoms with E-state index in [0.717, 1.165) is 16.5 Å². The van der Waals surface area contributed by atoms with Crippen LogP contribution in [-0.2, 0) is 9.59 Å². The van der Waals surface area contributed by atoms with Crippen LogP contribution < -0.4 is 14.8 Å². The lowest BCUT2D eigenvalue weighted by Gasteiger charge is -2.14. The molecule has 0 aliphatic carbocycles. The molecular weight excluding hydrogens is 442 g/mol. The molecule has 1 amide bonds. The molecule has 1 atom stereocenters. The van der Waals surface area contributed by atoms with Crippen molar-refractivity contribution in [3.63, 3.8) is 0 Å². The van der Waals surface area contributed by atoms with Crippen molar-refractivity contribution in [1.82, 2.24) is 5.32 Å². The number of hydrogen-bond acceptors (Lipinski definition) is 6. The van der Waals surface area contributed by atoms with E-state index in [1.54, 1.807) is 33.5 Å². The molecule has 0 saturated heterocycles. The Kier molecular flexibility index (Phi) is 8.06. The summed E-state index contributed by atoms with van der Waals surface area (Å²) in [5, 5.41) is 12.8. The van der Waals surface area contributed by atoms with Gasteiger partial charge in [-0.2, -0.15) is 11.8 Å². The summed E-state index contributed by atoms with van der Waals surface area (Å²) in [6.07, 6.45) is 5.30. The summed E-state index contributed by atoms with van der Waals surface area (Å²) >= 11 is 1.53. The Morgan fingerprint density at radius 3 is 2.55 bits per heavy atom. The number of ether oxygens (including phenoxy) is 2. The number of carbonyl (C=O) groups is 2. The van der Waals surface area contributed by atoms with Crippen molar-refractivity contribution in [3.05, 3.63) is 54.3 Å². The average molecular weight is 470 g/mol. The minimum absolute atomic E-state index is 0.349. The van der Waals surface area contributed by atoms with Crippen molar-refractivity contribution in [3.8, 4) is 22.6 Å². The lowest BCUT2D eigenvalue weighted by atomic mass is 9.98. The van der Waals surface area contributed by atoms with Gasteiger partial charge >= 0.3 is 5.97 Å². The van der Waals surface area contributed by atoms with E-state index in [1.165, 1.54) is 17.8 Å². The van der Waals surface area contributed by atoms with Crippen LogP contribution in [0.5, 0.6) is 11.5 Å². The molecule has 0 aliphatic heterocycles. The second kappa shape index (κ2) is 11.0. The zero-order chi connectivity index (χ0) is 24.0. The van der Waals surface area contributed by atoms with Gasteiger partial charge in [0.05, 0.1) is 20.5 Å². The molecule has 2 aromatic carbocycles. The van der Waals surface area contributed by atoms with Gasteiger partial charge in [0.1, 0.15) is 23.1 Å². The third-order valence-electron chi connectivity index (χ3n) is 5.29. The molecule has 0 spiro atoms. The quantitative estimate of drug-likeness (QED) is 0.410. The first-order chi connectivity index (χ1) is 15.9. The number of furan rings is 1. The topological polar surface area (TPSA) is 98.0 Å². The van der Waals surface area contributed by atoms with E-state index in [0.29, 0.717) is 40.4 Å². The van der Waals surface area contributed by atoms with Crippen molar-refractivity contribution < 1.29 is 28.6 Å². The number of hydrogen-bond donors (Lipinski definition) is 2. The number of thioether (sulfide) groups is 1. The molecule has 0 bridgehead atoms. The first kappa shape index (κ1) is 24.3. The van der Waals surface area contributed by atoms with Crippen molar-refractivity contribution in [2.24, 2.45) is 0 Å². The number of fused-ring (bicyclic) bond motifs is 1. The lowest BCUT2D eigenvalue weighted by molar-refractivity contribution is -0.141. The van der Waals surface area contributed by atoms with E-state index in [9.17, 15) is 14.7 Å². The highest BCUT2D eigenvalue weighted by Crippen LogP contribution is 2.40. The number of para-hydroxylation sites is 1. The Labute approximate surface area is 196 Å². The highest BCUT2D eigenvalue weighted by molar-refractivity contribution is 7.98. The Morgan fingerprint density at radius 2 is 1.88 bits per heavy atom. The summed E-state index contributed by atoms with van der Waals surface area (Å²) in [6, 6.07) is 10.4. The maximum atomic E-state index is 12.6. The molecule has 1 unspecified atom stereocenters. The summed E-state index contributed by atoms with van der Waals surface area (Å²) in [7, 11) is 3.16. The zero-order valence-corrected chi connectivity index (χ0v) is 19.8. The van der Waals surface area contributed by atoms with Crippen molar-refractivity contribution in [2.75, 3.05) is 26.2 Å². The number of carboxylic acids is 1. The molecule has 0 radical (unpaired) electrons. The SMILES string of the molecule is COc1cc2occ(-c3ccccc3OC)c2cc1/C(C)=C/C(=O)NC(CCSC)C(=O)O. The monoisotopic (exact) mass is 469 g/mol. The molecule has 33 heavy (non-hydrogen) atoms. The number of nitrogens with one attached hydrogen (secondary N) is 1. The number of benzene rings is 2. The van der Waals surface area contributed by atoms with Gasteiger partial charge in [0, 0.05) is 34.2 Å². The standard InChI is InChI=1S/C25H27NO6S/c1-15(11-24(27)26-20(25(28)29)9-10-33-4)17-12-18-19(14-32-23(18)13-22(17)31-3)16-7-5-6-8-21(16)30-2/h5-8,11-14,20H,9-10H2,1-4H3,(H,26,27)(H,28,29)/b15-11+. The highest BCUT2D eigenvalue weighted by atomic mass is 32.2. The fourth-order valence-electron chi connectivity index (χ4n) is 3.59. The highest BCUT2D eigenvalue weighted by Gasteiger charge is 2.20. The number of carboxylic acid groups (broad SMARTS) is 1. The maximum absolute atomic E-state index is 12.6. The summed E-state index contributed by atoms with van der Waals surface area (Å²) in [5.74, 6) is 0.371. The molecular formula is C25H27NO6S. The van der Waals surface area contributed by atoms with Gasteiger partial charge in [-0.25, -0.2) is 4.79 Å². The van der Waals surface area contributed by atoms with Crippen LogP contribution in [0.3, 0.4) is 0 Å². The van der Waals surface area contributed by atoms with Gasteiger partial charge in [-0.3, -0.25) is 4.79 Å². The van der Waals surface area contributed by atoms with Crippen LogP contribution in [0, 0.1) is 0 Å². The van der Waals surface area contributed by atoms with Crippen molar-refractivity contribution in [2.45, 2.75) is 19.4 Å². The predicted molar refractivity (Wildman–Crippen MR) is 131 cm³/mol. The number of methoxy groups -OCH3 is 2. The summed E-state index contributed by atoms with van der Waals surface area (Å²) in [4.78, 5) is 24.0. The molecule has 174 valence electrons. The Hall–Kier alpha value is -3.39. The maximum Gasteiger partial charge on any atom is 0.326 e. The summed E-state index contributed by atoms with van der Waals surface area (Å²) in [6.45, 7) is 1.78. The number of carbonyl (C=O) groups excluding carboxylic acids is 1. The summed E-state index contributed by atoms with van der Waals surface area (Å²) < 4.78 is 16.8. The molecule has 8 heteroatoms. The average Bonchev–Trinajstić information content (AvgIpc) is 3.23. The van der Waals surface area contributed by atoms with Crippen molar-refractivity contribution >= 4 is 40.2 Å². The second-order valence-electron chi connectivity index (χ2n) is 7.41. The van der Waals surface area contributed by atoms with E-state index in [1.807, 2.05) is 36.6 Å². The largest absolute Gasteiger partial charge is 0.496 e. The van der Waals surface area contributed by atoms with E-state index < -0.39 is 17.9 Å². The van der Waals surface area contributed by atoms with Crippen LogP contribution in [0.25, 0.3) is 27.7 Å². The smallest absolute Gasteiger partial charge is 0.326 e. The van der Waals surface area contributed by atoms with Crippen LogP contribution in [0.4, 0.5) is 0 Å². The minimum atomic E-state index is -1.05. The van der Waals surface area contributed by atoms with Gasteiger partial charge < -0.3 is 24.3 Å². The normalized spacial score (nSPS) is 12.4. The fourth-order valence-corrected chi connectivity index (χ4v) is 4.06. The number of amides is 1. The predicted octanol–water partition coefficient (Wildman–Crippen LogP) is 4.84. The third kappa shape index (κ3) is 5.51. The Balaban J connectivity index is 1.99. The Bertz CT molecular complexity index is 1180. The molecule has 1 aromatic heterocycles. The minimum Gasteiger partial charge on any atom is -0.496 e. The zero-order valence-electron chi connectivity index (χ0n) is 19.0. The van der Waals surface area contributed by atoms with Crippen LogP contribution >= 0.6 is 11.8 Å². The van der Waals surface area contributed by atoms with Gasteiger partial charge in [-0.05, 0) is 43.1 Å². The summed E-state index contributed by atoms with van der Waals surface area (Å²) in [5.41, 5.74) is 3.71. The van der Waals surface area contributed by atoms with Crippen LogP contribution in [0.15, 0.2) is 53.2 Å². The molecule has 3 rings (SSSR count). The van der Waals surface area contributed by atoms with Gasteiger partial charge in [0.15, 0.2) is 0 Å². The molecule has 0 fully saturated rings. The van der Waals surface area contributed by atoms with Gasteiger partial charge in [0.25, 0.3) is 0 Å². The van der Waals surface area contributed by atoms with Crippen LogP contribution in [0.2, 0.25) is 0 Å². The van der Waals surface area contributed by atoms with E-state index in [4.69, 9.17) is 13.9 Å². The number of allylic oxidation sites excluding steroid dienone is 1. The third-order valence-corrected chi connectivity index (χ3v) is 5.93. The van der Waals surface area contributed by atoms with E-state index in [-0.39, 0.29) is 0 Å². The molecule has 0 saturated carbocycles. The van der Waals surface area contributed by atoms with Gasteiger partial charge in [0.2, 0.25) is 5.91 Å². The lowest BCUT2D eigenvalue weighted by Crippen LogP contribution is -2.40. The molecule has 0 aliphatic rings. The van der Waals surface area contributed by atoms with Crippen LogP contribution in [0.1, 0.15) is 18.9 Å². The molecule has 2 N–H and O–H groups in total. The second-order valence-corrected chi connectivity index (χ2v) is 8.39. The van der Waals surface area contributed by atoms with E-state index >= 15 is 0 Å². The Morgan fingerprint density at radius 1 is 1.15 bits per heavy atom. The van der Waals surface area contributed by atoms with Gasteiger partial charge in [-0.15, -0.1) is 0 Å². The van der Waals surface area contributed by atoms with E-state index in [2.05, 4.69) is 5.32 Å².